The highest BCUT2D eigenvalue weighted by atomic mass is 16.5. The minimum atomic E-state index is -0.899. The van der Waals surface area contributed by atoms with E-state index in [-0.39, 0.29) is 29.1 Å². The van der Waals surface area contributed by atoms with Crippen molar-refractivity contribution in [3.8, 4) is 0 Å². The van der Waals surface area contributed by atoms with Crippen LogP contribution in [0.5, 0.6) is 0 Å². The van der Waals surface area contributed by atoms with Crippen LogP contribution in [-0.4, -0.2) is 52.2 Å². The Morgan fingerprint density at radius 3 is 2.50 bits per heavy atom. The predicted molar refractivity (Wildman–Crippen MR) is 86.0 cm³/mol. The number of nitrogens with one attached hydrogen (secondary N) is 1. The van der Waals surface area contributed by atoms with E-state index in [9.17, 15) is 14.4 Å². The molecule has 0 aromatic carbocycles. The molecular weight excluding hydrogens is 312 g/mol. The SMILES string of the molecule is Cc1ccc(C(=O)N2CCC([C@@H]3CC[C@H](C(=O)O)O3)CC2)c(=O)[nH]1. The van der Waals surface area contributed by atoms with Crippen molar-refractivity contribution in [2.24, 2.45) is 5.92 Å². The average molecular weight is 334 g/mol. The summed E-state index contributed by atoms with van der Waals surface area (Å²) in [6.07, 6.45) is 2.12. The molecule has 3 rings (SSSR count). The summed E-state index contributed by atoms with van der Waals surface area (Å²) >= 11 is 0. The number of aliphatic carboxylic acids is 1. The van der Waals surface area contributed by atoms with Crippen LogP contribution in [0.1, 0.15) is 41.7 Å². The van der Waals surface area contributed by atoms with Gasteiger partial charge in [0.2, 0.25) is 0 Å². The molecule has 0 unspecified atom stereocenters. The lowest BCUT2D eigenvalue weighted by Crippen LogP contribution is -2.43. The minimum absolute atomic E-state index is 0.0360. The molecule has 130 valence electrons. The van der Waals surface area contributed by atoms with Crippen molar-refractivity contribution in [1.29, 1.82) is 0 Å². The second-order valence-corrected chi connectivity index (χ2v) is 6.59. The zero-order valence-corrected chi connectivity index (χ0v) is 13.7. The maximum absolute atomic E-state index is 12.5. The number of hydrogen-bond acceptors (Lipinski definition) is 4. The summed E-state index contributed by atoms with van der Waals surface area (Å²) in [5.41, 5.74) is 0.536. The molecule has 3 heterocycles. The monoisotopic (exact) mass is 334 g/mol. The summed E-state index contributed by atoms with van der Waals surface area (Å²) < 4.78 is 5.62. The molecule has 0 bridgehead atoms. The number of carboxylic acids is 1. The van der Waals surface area contributed by atoms with Gasteiger partial charge in [-0.15, -0.1) is 0 Å². The Kier molecular flexibility index (Phi) is 4.71. The smallest absolute Gasteiger partial charge is 0.332 e. The fourth-order valence-corrected chi connectivity index (χ4v) is 3.58. The molecule has 0 radical (unpaired) electrons. The van der Waals surface area contributed by atoms with E-state index in [1.807, 2.05) is 0 Å². The highest BCUT2D eigenvalue weighted by molar-refractivity contribution is 5.93. The summed E-state index contributed by atoms with van der Waals surface area (Å²) in [6, 6.07) is 3.29. The van der Waals surface area contributed by atoms with Crippen molar-refractivity contribution in [1.82, 2.24) is 9.88 Å². The van der Waals surface area contributed by atoms with Crippen LogP contribution in [0.4, 0.5) is 0 Å². The van der Waals surface area contributed by atoms with Crippen LogP contribution in [0.15, 0.2) is 16.9 Å². The van der Waals surface area contributed by atoms with Crippen molar-refractivity contribution in [2.75, 3.05) is 13.1 Å². The molecule has 2 fully saturated rings. The van der Waals surface area contributed by atoms with E-state index < -0.39 is 12.1 Å². The number of aromatic amines is 1. The summed E-state index contributed by atoms with van der Waals surface area (Å²) in [4.78, 5) is 39.7. The number of ether oxygens (including phenoxy) is 1. The van der Waals surface area contributed by atoms with Gasteiger partial charge in [0.05, 0.1) is 6.10 Å². The highest BCUT2D eigenvalue weighted by Crippen LogP contribution is 2.32. The first-order chi connectivity index (χ1) is 11.5. The maximum Gasteiger partial charge on any atom is 0.332 e. The quantitative estimate of drug-likeness (QED) is 0.864. The molecule has 0 aliphatic carbocycles. The van der Waals surface area contributed by atoms with E-state index in [0.29, 0.717) is 19.5 Å². The predicted octanol–water partition coefficient (Wildman–Crippen LogP) is 1.17. The van der Waals surface area contributed by atoms with Crippen LogP contribution >= 0.6 is 0 Å². The Morgan fingerprint density at radius 1 is 1.21 bits per heavy atom. The number of amides is 1. The number of pyridine rings is 1. The number of H-pyrrole nitrogens is 1. The van der Waals surface area contributed by atoms with Gasteiger partial charge in [-0.3, -0.25) is 9.59 Å². The van der Waals surface area contributed by atoms with Crippen molar-refractivity contribution in [3.63, 3.8) is 0 Å². The molecule has 1 amide bonds. The van der Waals surface area contributed by atoms with Gasteiger partial charge in [0, 0.05) is 18.8 Å². The summed E-state index contributed by atoms with van der Waals surface area (Å²) in [5, 5.41) is 9.01. The van der Waals surface area contributed by atoms with Crippen LogP contribution in [0.25, 0.3) is 0 Å². The van der Waals surface area contributed by atoms with E-state index in [4.69, 9.17) is 9.84 Å². The molecule has 24 heavy (non-hydrogen) atoms. The van der Waals surface area contributed by atoms with Gasteiger partial charge >= 0.3 is 5.97 Å². The minimum Gasteiger partial charge on any atom is -0.479 e. The lowest BCUT2D eigenvalue weighted by Gasteiger charge is -2.34. The molecule has 0 spiro atoms. The Hall–Kier alpha value is -2.15. The van der Waals surface area contributed by atoms with Crippen LogP contribution in [-0.2, 0) is 9.53 Å². The molecule has 2 aliphatic heterocycles. The van der Waals surface area contributed by atoms with Crippen LogP contribution < -0.4 is 5.56 Å². The fourth-order valence-electron chi connectivity index (χ4n) is 3.58. The average Bonchev–Trinajstić information content (AvgIpc) is 3.05. The molecule has 1 aromatic heterocycles. The Bertz CT molecular complexity index is 690. The number of aromatic nitrogens is 1. The largest absolute Gasteiger partial charge is 0.479 e. The van der Waals surface area contributed by atoms with Crippen molar-refractivity contribution in [3.05, 3.63) is 33.7 Å². The first-order valence-electron chi connectivity index (χ1n) is 8.33. The molecular formula is C17H22N2O5. The molecule has 2 atom stereocenters. The van der Waals surface area contributed by atoms with Crippen LogP contribution in [0.2, 0.25) is 0 Å². The number of hydrogen-bond donors (Lipinski definition) is 2. The highest BCUT2D eigenvalue weighted by Gasteiger charge is 2.37. The lowest BCUT2D eigenvalue weighted by molar-refractivity contribution is -0.150. The zero-order valence-electron chi connectivity index (χ0n) is 13.7. The van der Waals surface area contributed by atoms with Crippen molar-refractivity contribution >= 4 is 11.9 Å². The fraction of sp³-hybridized carbons (Fsp3) is 0.588. The van der Waals surface area contributed by atoms with E-state index in [2.05, 4.69) is 4.98 Å². The third kappa shape index (κ3) is 3.36. The molecule has 2 saturated heterocycles. The Morgan fingerprint density at radius 2 is 1.92 bits per heavy atom. The van der Waals surface area contributed by atoms with E-state index in [1.165, 1.54) is 0 Å². The van der Waals surface area contributed by atoms with Gasteiger partial charge in [-0.2, -0.15) is 0 Å². The van der Waals surface area contributed by atoms with E-state index >= 15 is 0 Å². The number of likely N-dealkylation sites (tertiary alicyclic amines) is 1. The van der Waals surface area contributed by atoms with Crippen LogP contribution in [0, 0.1) is 12.8 Å². The van der Waals surface area contributed by atoms with Crippen molar-refractivity contribution < 1.29 is 19.4 Å². The number of aryl methyl sites for hydroxylation is 1. The molecule has 1 aromatic rings. The maximum atomic E-state index is 12.5. The molecule has 0 saturated carbocycles. The second-order valence-electron chi connectivity index (χ2n) is 6.59. The summed E-state index contributed by atoms with van der Waals surface area (Å²) in [5.74, 6) is -0.871. The van der Waals surface area contributed by atoms with Gasteiger partial charge in [0.25, 0.3) is 11.5 Å². The van der Waals surface area contributed by atoms with E-state index in [1.54, 1.807) is 24.0 Å². The number of piperidine rings is 1. The number of carbonyl (C=O) groups excluding carboxylic acids is 1. The summed E-state index contributed by atoms with van der Waals surface area (Å²) in [6.45, 7) is 2.90. The number of nitrogens with zero attached hydrogens (tertiary/aromatic N) is 1. The van der Waals surface area contributed by atoms with Gasteiger partial charge in [-0.1, -0.05) is 0 Å². The normalized spacial score (nSPS) is 25.0. The van der Waals surface area contributed by atoms with Gasteiger partial charge in [-0.25, -0.2) is 4.79 Å². The molecule has 2 aliphatic rings. The third-order valence-electron chi connectivity index (χ3n) is 4.97. The summed E-state index contributed by atoms with van der Waals surface area (Å²) in [7, 11) is 0. The molecule has 7 heteroatoms. The zero-order chi connectivity index (χ0) is 17.3. The number of carbonyl (C=O) groups is 2. The lowest BCUT2D eigenvalue weighted by atomic mass is 9.89. The molecule has 7 nitrogen and oxygen atoms in total. The number of rotatable bonds is 3. The van der Waals surface area contributed by atoms with Gasteiger partial charge in [-0.05, 0) is 50.7 Å². The first-order valence-corrected chi connectivity index (χ1v) is 8.33. The van der Waals surface area contributed by atoms with Gasteiger partial charge in [0.1, 0.15) is 5.56 Å². The van der Waals surface area contributed by atoms with E-state index in [0.717, 1.165) is 25.0 Å². The van der Waals surface area contributed by atoms with Gasteiger partial charge < -0.3 is 19.7 Å². The Balaban J connectivity index is 1.58. The van der Waals surface area contributed by atoms with Crippen LogP contribution in [0.3, 0.4) is 0 Å². The second kappa shape index (κ2) is 6.76. The van der Waals surface area contributed by atoms with Crippen molar-refractivity contribution in [2.45, 2.75) is 44.8 Å². The van der Waals surface area contributed by atoms with Gasteiger partial charge in [0.15, 0.2) is 6.10 Å². The molecule has 2 N–H and O–H groups in total. The first kappa shape index (κ1) is 16.7. The third-order valence-corrected chi connectivity index (χ3v) is 4.97. The standard InChI is InChI=1S/C17H22N2O5/c1-10-2-3-12(15(20)18-10)16(21)19-8-6-11(7-9-19)13-4-5-14(24-13)17(22)23/h2-3,11,13-14H,4-9H2,1H3,(H,18,20)(H,22,23)/t13-,14+/m0/s1. The Labute approximate surface area is 139 Å². The number of carboxylic acid groups (broad SMARTS) is 1. The topological polar surface area (TPSA) is 99.7 Å².